The monoisotopic (exact) mass is 264 g/mol. The van der Waals surface area contributed by atoms with Crippen molar-refractivity contribution in [2.75, 3.05) is 20.3 Å². The molecule has 0 aromatic rings. The second-order valence-corrected chi connectivity index (χ2v) is 4.72. The Kier molecular flexibility index (Phi) is 6.48. The van der Waals surface area contributed by atoms with E-state index in [-0.39, 0.29) is 25.2 Å². The van der Waals surface area contributed by atoms with E-state index in [2.05, 4.69) is 0 Å². The van der Waals surface area contributed by atoms with E-state index in [4.69, 9.17) is 19.3 Å². The average molecular weight is 264 g/mol. The summed E-state index contributed by atoms with van der Waals surface area (Å²) in [7, 11) is 1.42. The van der Waals surface area contributed by atoms with Crippen molar-refractivity contribution in [2.24, 2.45) is 5.92 Å². The number of hydrogen-bond acceptors (Lipinski definition) is 6. The van der Waals surface area contributed by atoms with E-state index in [9.17, 15) is 10.2 Å². The Morgan fingerprint density at radius 3 is 2.44 bits per heavy atom. The standard InChI is InChI=1S/C12H24O6/c1-4-8-9(6-17-5-7(2)13)18-12(16-3)11(15)10(8)14/h7-15H,4-6H2,1-3H3. The quantitative estimate of drug-likeness (QED) is 0.599. The maximum absolute atomic E-state index is 10.0. The summed E-state index contributed by atoms with van der Waals surface area (Å²) in [4.78, 5) is 0. The maximum atomic E-state index is 10.0. The fourth-order valence-corrected chi connectivity index (χ4v) is 2.20. The molecule has 1 saturated heterocycles. The first-order valence-corrected chi connectivity index (χ1v) is 6.31. The summed E-state index contributed by atoms with van der Waals surface area (Å²) in [6.45, 7) is 4.02. The summed E-state index contributed by atoms with van der Waals surface area (Å²) in [5.41, 5.74) is 0. The van der Waals surface area contributed by atoms with Gasteiger partial charge in [-0.2, -0.15) is 0 Å². The van der Waals surface area contributed by atoms with E-state index in [1.165, 1.54) is 7.11 Å². The lowest BCUT2D eigenvalue weighted by atomic mass is 9.87. The second-order valence-electron chi connectivity index (χ2n) is 4.72. The molecule has 1 rings (SSSR count). The van der Waals surface area contributed by atoms with Gasteiger partial charge in [-0.05, 0) is 13.3 Å². The maximum Gasteiger partial charge on any atom is 0.186 e. The van der Waals surface area contributed by atoms with Crippen LogP contribution in [0.25, 0.3) is 0 Å². The molecule has 0 saturated carbocycles. The van der Waals surface area contributed by atoms with Crippen molar-refractivity contribution in [1.29, 1.82) is 0 Å². The summed E-state index contributed by atoms with van der Waals surface area (Å²) < 4.78 is 15.9. The lowest BCUT2D eigenvalue weighted by Crippen LogP contribution is -2.56. The van der Waals surface area contributed by atoms with Gasteiger partial charge >= 0.3 is 0 Å². The van der Waals surface area contributed by atoms with Crippen LogP contribution in [0.4, 0.5) is 0 Å². The lowest BCUT2D eigenvalue weighted by molar-refractivity contribution is -0.285. The minimum atomic E-state index is -1.05. The third kappa shape index (κ3) is 3.88. The zero-order chi connectivity index (χ0) is 13.7. The summed E-state index contributed by atoms with van der Waals surface area (Å²) in [5, 5.41) is 28.9. The molecule has 0 radical (unpaired) electrons. The van der Waals surface area contributed by atoms with Crippen LogP contribution in [-0.4, -0.2) is 66.3 Å². The van der Waals surface area contributed by atoms with Crippen LogP contribution in [0.3, 0.4) is 0 Å². The van der Waals surface area contributed by atoms with Crippen LogP contribution in [0, 0.1) is 5.92 Å². The number of aliphatic hydroxyl groups excluding tert-OH is 3. The highest BCUT2D eigenvalue weighted by Crippen LogP contribution is 2.29. The van der Waals surface area contributed by atoms with Gasteiger partial charge in [-0.3, -0.25) is 0 Å². The Morgan fingerprint density at radius 1 is 1.28 bits per heavy atom. The number of hydrogen-bond donors (Lipinski definition) is 3. The number of ether oxygens (including phenoxy) is 3. The highest BCUT2D eigenvalue weighted by atomic mass is 16.7. The van der Waals surface area contributed by atoms with Crippen LogP contribution < -0.4 is 0 Å². The van der Waals surface area contributed by atoms with Gasteiger partial charge in [-0.15, -0.1) is 0 Å². The average Bonchev–Trinajstić information content (AvgIpc) is 2.33. The molecule has 6 atom stereocenters. The van der Waals surface area contributed by atoms with E-state index in [0.29, 0.717) is 6.42 Å². The van der Waals surface area contributed by atoms with Gasteiger partial charge in [0.05, 0.1) is 31.5 Å². The van der Waals surface area contributed by atoms with Crippen molar-refractivity contribution in [3.63, 3.8) is 0 Å². The van der Waals surface area contributed by atoms with Crippen molar-refractivity contribution >= 4 is 0 Å². The predicted molar refractivity (Wildman–Crippen MR) is 64.0 cm³/mol. The summed E-state index contributed by atoms with van der Waals surface area (Å²) >= 11 is 0. The fraction of sp³-hybridized carbons (Fsp3) is 1.00. The Labute approximate surface area is 107 Å². The first-order valence-electron chi connectivity index (χ1n) is 6.31. The molecule has 3 N–H and O–H groups in total. The minimum absolute atomic E-state index is 0.208. The zero-order valence-electron chi connectivity index (χ0n) is 11.2. The van der Waals surface area contributed by atoms with Gasteiger partial charge in [0, 0.05) is 13.0 Å². The number of methoxy groups -OCH3 is 1. The van der Waals surface area contributed by atoms with Gasteiger partial charge < -0.3 is 29.5 Å². The van der Waals surface area contributed by atoms with E-state index < -0.39 is 24.6 Å². The molecule has 0 aromatic carbocycles. The molecule has 1 fully saturated rings. The van der Waals surface area contributed by atoms with Crippen LogP contribution in [-0.2, 0) is 14.2 Å². The SMILES string of the molecule is CCC1C(COCC(C)O)OC(OC)C(O)C1O. The molecule has 0 spiro atoms. The van der Waals surface area contributed by atoms with Crippen LogP contribution >= 0.6 is 0 Å². The smallest absolute Gasteiger partial charge is 0.186 e. The topological polar surface area (TPSA) is 88.4 Å². The van der Waals surface area contributed by atoms with Crippen molar-refractivity contribution in [3.8, 4) is 0 Å². The van der Waals surface area contributed by atoms with Gasteiger partial charge in [0.25, 0.3) is 0 Å². The van der Waals surface area contributed by atoms with Gasteiger partial charge in [0.1, 0.15) is 6.10 Å². The van der Waals surface area contributed by atoms with E-state index in [0.717, 1.165) is 0 Å². The Bertz CT molecular complexity index is 235. The molecule has 6 unspecified atom stereocenters. The minimum Gasteiger partial charge on any atom is -0.391 e. The summed E-state index contributed by atoms with van der Waals surface area (Å²) in [5.74, 6) is -0.208. The molecule has 0 bridgehead atoms. The second kappa shape index (κ2) is 7.37. The van der Waals surface area contributed by atoms with Crippen LogP contribution in [0.1, 0.15) is 20.3 Å². The molecule has 6 heteroatoms. The van der Waals surface area contributed by atoms with E-state index in [1.807, 2.05) is 6.92 Å². The largest absolute Gasteiger partial charge is 0.391 e. The highest BCUT2D eigenvalue weighted by Gasteiger charge is 2.43. The lowest BCUT2D eigenvalue weighted by Gasteiger charge is -2.41. The molecule has 108 valence electrons. The first-order chi connectivity index (χ1) is 8.51. The predicted octanol–water partition coefficient (Wildman–Crippen LogP) is -0.497. The van der Waals surface area contributed by atoms with Crippen molar-refractivity contribution in [1.82, 2.24) is 0 Å². The summed E-state index contributed by atoms with van der Waals surface area (Å²) in [6.07, 6.45) is -3.01. The molecule has 0 amide bonds. The van der Waals surface area contributed by atoms with Crippen LogP contribution in [0.15, 0.2) is 0 Å². The molecular formula is C12H24O6. The molecular weight excluding hydrogens is 240 g/mol. The summed E-state index contributed by atoms with van der Waals surface area (Å²) in [6, 6.07) is 0. The van der Waals surface area contributed by atoms with Crippen LogP contribution in [0.2, 0.25) is 0 Å². The number of aliphatic hydroxyl groups is 3. The molecule has 0 aliphatic carbocycles. The highest BCUT2D eigenvalue weighted by molar-refractivity contribution is 4.88. The van der Waals surface area contributed by atoms with Gasteiger partial charge in [-0.1, -0.05) is 6.92 Å². The third-order valence-electron chi connectivity index (χ3n) is 3.20. The van der Waals surface area contributed by atoms with Crippen LogP contribution in [0.5, 0.6) is 0 Å². The third-order valence-corrected chi connectivity index (χ3v) is 3.20. The Morgan fingerprint density at radius 2 is 1.94 bits per heavy atom. The molecule has 1 heterocycles. The zero-order valence-corrected chi connectivity index (χ0v) is 11.2. The Hall–Kier alpha value is -0.240. The molecule has 1 aliphatic rings. The normalized spacial score (nSPS) is 38.7. The van der Waals surface area contributed by atoms with Gasteiger partial charge in [-0.25, -0.2) is 0 Å². The Balaban J connectivity index is 2.57. The van der Waals surface area contributed by atoms with E-state index in [1.54, 1.807) is 6.92 Å². The first kappa shape index (κ1) is 15.8. The molecule has 18 heavy (non-hydrogen) atoms. The molecule has 1 aliphatic heterocycles. The molecule has 0 aromatic heterocycles. The van der Waals surface area contributed by atoms with Gasteiger partial charge in [0.15, 0.2) is 6.29 Å². The molecule has 6 nitrogen and oxygen atoms in total. The van der Waals surface area contributed by atoms with E-state index >= 15 is 0 Å². The van der Waals surface area contributed by atoms with Crippen molar-refractivity contribution in [3.05, 3.63) is 0 Å². The fourth-order valence-electron chi connectivity index (χ4n) is 2.20. The van der Waals surface area contributed by atoms with Crippen molar-refractivity contribution < 1.29 is 29.5 Å². The van der Waals surface area contributed by atoms with Gasteiger partial charge in [0.2, 0.25) is 0 Å². The number of rotatable bonds is 6. The van der Waals surface area contributed by atoms with Crippen molar-refractivity contribution in [2.45, 2.75) is 51.0 Å².